The molecule has 0 aromatic carbocycles. The molecule has 1 aromatic heterocycles. The average Bonchev–Trinajstić information content (AvgIpc) is 2.29. The molecular weight excluding hydrogens is 218 g/mol. The first-order chi connectivity index (χ1) is 8.15. The van der Waals surface area contributed by atoms with Gasteiger partial charge in [-0.2, -0.15) is 0 Å². The lowest BCUT2D eigenvalue weighted by atomic mass is 10.0. The van der Waals surface area contributed by atoms with Crippen molar-refractivity contribution in [2.24, 2.45) is 0 Å². The first kappa shape index (κ1) is 11.9. The van der Waals surface area contributed by atoms with E-state index in [4.69, 9.17) is 10.5 Å². The number of aromatic nitrogens is 1. The number of carbonyl (C=O) groups excluding carboxylic acids is 1. The molecule has 2 heterocycles. The molecule has 1 fully saturated rings. The maximum atomic E-state index is 11.9. The van der Waals surface area contributed by atoms with E-state index in [0.29, 0.717) is 18.1 Å². The molecule has 2 rings (SSSR count). The number of carbonyl (C=O) groups is 1. The minimum absolute atomic E-state index is 0.162. The van der Waals surface area contributed by atoms with Crippen molar-refractivity contribution in [1.29, 1.82) is 0 Å². The average molecular weight is 235 g/mol. The predicted octanol–water partition coefficient (Wildman–Crippen LogP) is 0.961. The molecule has 2 unspecified atom stereocenters. The van der Waals surface area contributed by atoms with Crippen LogP contribution in [0, 0.1) is 0 Å². The molecule has 0 bridgehead atoms. The monoisotopic (exact) mass is 235 g/mol. The Kier molecular flexibility index (Phi) is 3.58. The Morgan fingerprint density at radius 1 is 1.59 bits per heavy atom. The topological polar surface area (TPSA) is 77.2 Å². The summed E-state index contributed by atoms with van der Waals surface area (Å²) in [6.45, 7) is 2.70. The SMILES string of the molecule is CC1CC(NC(=O)c2cccc(N)n2)CCO1. The Hall–Kier alpha value is -1.62. The van der Waals surface area contributed by atoms with Gasteiger partial charge in [0.05, 0.1) is 6.10 Å². The van der Waals surface area contributed by atoms with Crippen molar-refractivity contribution in [3.05, 3.63) is 23.9 Å². The van der Waals surface area contributed by atoms with E-state index in [1.165, 1.54) is 0 Å². The van der Waals surface area contributed by atoms with Crippen molar-refractivity contribution in [2.75, 3.05) is 12.3 Å². The number of nitrogen functional groups attached to an aromatic ring is 1. The lowest BCUT2D eigenvalue weighted by Crippen LogP contribution is -2.41. The molecule has 0 aliphatic carbocycles. The van der Waals surface area contributed by atoms with Gasteiger partial charge in [0.1, 0.15) is 11.5 Å². The van der Waals surface area contributed by atoms with E-state index in [-0.39, 0.29) is 18.1 Å². The van der Waals surface area contributed by atoms with Gasteiger partial charge in [-0.25, -0.2) is 4.98 Å². The minimum atomic E-state index is -0.170. The highest BCUT2D eigenvalue weighted by Crippen LogP contribution is 2.13. The molecule has 3 N–H and O–H groups in total. The predicted molar refractivity (Wildman–Crippen MR) is 64.6 cm³/mol. The Bertz CT molecular complexity index is 408. The van der Waals surface area contributed by atoms with Crippen LogP contribution >= 0.6 is 0 Å². The van der Waals surface area contributed by atoms with Crippen molar-refractivity contribution in [2.45, 2.75) is 31.9 Å². The number of anilines is 1. The molecule has 0 radical (unpaired) electrons. The normalized spacial score (nSPS) is 24.3. The summed E-state index contributed by atoms with van der Waals surface area (Å²) >= 11 is 0. The molecule has 1 aliphatic heterocycles. The van der Waals surface area contributed by atoms with Crippen LogP contribution < -0.4 is 11.1 Å². The third-order valence-corrected chi connectivity index (χ3v) is 2.82. The van der Waals surface area contributed by atoms with Crippen LogP contribution in [0.5, 0.6) is 0 Å². The molecule has 1 amide bonds. The van der Waals surface area contributed by atoms with Gasteiger partial charge in [0, 0.05) is 12.6 Å². The number of nitrogens with zero attached hydrogens (tertiary/aromatic N) is 1. The minimum Gasteiger partial charge on any atom is -0.384 e. The molecule has 0 saturated carbocycles. The highest BCUT2D eigenvalue weighted by molar-refractivity contribution is 5.92. The van der Waals surface area contributed by atoms with Crippen LogP contribution in [0.3, 0.4) is 0 Å². The molecule has 17 heavy (non-hydrogen) atoms. The summed E-state index contributed by atoms with van der Waals surface area (Å²) in [7, 11) is 0. The van der Waals surface area contributed by atoms with Crippen LogP contribution in [-0.4, -0.2) is 29.6 Å². The van der Waals surface area contributed by atoms with Gasteiger partial charge in [-0.05, 0) is 31.9 Å². The van der Waals surface area contributed by atoms with Gasteiger partial charge in [0.2, 0.25) is 0 Å². The lowest BCUT2D eigenvalue weighted by molar-refractivity contribution is 0.0136. The second-order valence-corrected chi connectivity index (χ2v) is 4.32. The number of pyridine rings is 1. The van der Waals surface area contributed by atoms with E-state index in [1.807, 2.05) is 6.92 Å². The molecule has 1 aromatic rings. The zero-order valence-electron chi connectivity index (χ0n) is 9.85. The molecule has 5 nitrogen and oxygen atoms in total. The molecule has 92 valence electrons. The Balaban J connectivity index is 1.97. The Morgan fingerprint density at radius 2 is 2.41 bits per heavy atom. The molecule has 5 heteroatoms. The highest BCUT2D eigenvalue weighted by atomic mass is 16.5. The highest BCUT2D eigenvalue weighted by Gasteiger charge is 2.21. The van der Waals surface area contributed by atoms with Gasteiger partial charge in [-0.1, -0.05) is 6.07 Å². The Labute approximate surface area is 100 Å². The zero-order valence-corrected chi connectivity index (χ0v) is 9.85. The molecule has 2 atom stereocenters. The Morgan fingerprint density at radius 3 is 3.12 bits per heavy atom. The zero-order chi connectivity index (χ0) is 12.3. The smallest absolute Gasteiger partial charge is 0.270 e. The van der Waals surface area contributed by atoms with E-state index in [1.54, 1.807) is 18.2 Å². The molecule has 1 aliphatic rings. The van der Waals surface area contributed by atoms with Crippen molar-refractivity contribution >= 4 is 11.7 Å². The summed E-state index contributed by atoms with van der Waals surface area (Å²) in [4.78, 5) is 15.9. The van der Waals surface area contributed by atoms with Crippen LogP contribution in [0.4, 0.5) is 5.82 Å². The van der Waals surface area contributed by atoms with Crippen molar-refractivity contribution in [3.8, 4) is 0 Å². The summed E-state index contributed by atoms with van der Waals surface area (Å²) in [6, 6.07) is 5.21. The summed E-state index contributed by atoms with van der Waals surface area (Å²) < 4.78 is 5.43. The van der Waals surface area contributed by atoms with Crippen LogP contribution in [0.25, 0.3) is 0 Å². The standard InChI is InChI=1S/C12H17N3O2/c1-8-7-9(5-6-17-8)14-12(16)10-3-2-4-11(13)15-10/h2-4,8-9H,5-7H2,1H3,(H2,13,15)(H,14,16). The number of nitrogens with one attached hydrogen (secondary N) is 1. The molecule has 1 saturated heterocycles. The van der Waals surface area contributed by atoms with E-state index >= 15 is 0 Å². The van der Waals surface area contributed by atoms with E-state index in [0.717, 1.165) is 12.8 Å². The number of nitrogens with two attached hydrogens (primary N) is 1. The van der Waals surface area contributed by atoms with Crippen LogP contribution in [0.2, 0.25) is 0 Å². The maximum Gasteiger partial charge on any atom is 0.270 e. The van der Waals surface area contributed by atoms with Crippen molar-refractivity contribution < 1.29 is 9.53 Å². The van der Waals surface area contributed by atoms with Gasteiger partial charge in [0.25, 0.3) is 5.91 Å². The lowest BCUT2D eigenvalue weighted by Gasteiger charge is -2.27. The fraction of sp³-hybridized carbons (Fsp3) is 0.500. The first-order valence-electron chi connectivity index (χ1n) is 5.80. The third-order valence-electron chi connectivity index (χ3n) is 2.82. The number of hydrogen-bond donors (Lipinski definition) is 2. The first-order valence-corrected chi connectivity index (χ1v) is 5.80. The maximum absolute atomic E-state index is 11.9. The van der Waals surface area contributed by atoms with Gasteiger partial charge in [-0.15, -0.1) is 0 Å². The largest absolute Gasteiger partial charge is 0.384 e. The quantitative estimate of drug-likeness (QED) is 0.800. The van der Waals surface area contributed by atoms with E-state index in [9.17, 15) is 4.79 Å². The second-order valence-electron chi connectivity index (χ2n) is 4.32. The van der Waals surface area contributed by atoms with Crippen molar-refractivity contribution in [3.63, 3.8) is 0 Å². The summed E-state index contributed by atoms with van der Waals surface area (Å²) in [5.74, 6) is 0.189. The number of amides is 1. The van der Waals surface area contributed by atoms with E-state index < -0.39 is 0 Å². The van der Waals surface area contributed by atoms with Gasteiger partial charge < -0.3 is 15.8 Å². The van der Waals surface area contributed by atoms with Gasteiger partial charge in [0.15, 0.2) is 0 Å². The van der Waals surface area contributed by atoms with Crippen molar-refractivity contribution in [1.82, 2.24) is 10.3 Å². The van der Waals surface area contributed by atoms with Crippen LogP contribution in [0.1, 0.15) is 30.3 Å². The third kappa shape index (κ3) is 3.17. The fourth-order valence-electron chi connectivity index (χ4n) is 1.97. The van der Waals surface area contributed by atoms with E-state index in [2.05, 4.69) is 10.3 Å². The van der Waals surface area contributed by atoms with Crippen LogP contribution in [-0.2, 0) is 4.74 Å². The summed E-state index contributed by atoms with van der Waals surface area (Å²) in [5.41, 5.74) is 5.91. The van der Waals surface area contributed by atoms with Gasteiger partial charge in [-0.3, -0.25) is 4.79 Å². The fourth-order valence-corrected chi connectivity index (χ4v) is 1.97. The number of rotatable bonds is 2. The van der Waals surface area contributed by atoms with Gasteiger partial charge >= 0.3 is 0 Å². The second kappa shape index (κ2) is 5.14. The van der Waals surface area contributed by atoms with Crippen LogP contribution in [0.15, 0.2) is 18.2 Å². The molecule has 0 spiro atoms. The summed E-state index contributed by atoms with van der Waals surface area (Å²) in [6.07, 6.45) is 1.88. The summed E-state index contributed by atoms with van der Waals surface area (Å²) in [5, 5.41) is 2.96. The molecular formula is C12H17N3O2. The number of ether oxygens (including phenoxy) is 1. The number of hydrogen-bond acceptors (Lipinski definition) is 4.